The summed E-state index contributed by atoms with van der Waals surface area (Å²) in [6.07, 6.45) is 2.97. The van der Waals surface area contributed by atoms with Crippen molar-refractivity contribution >= 4 is 0 Å². The van der Waals surface area contributed by atoms with Crippen LogP contribution in [0.1, 0.15) is 68.1 Å². The Morgan fingerprint density at radius 3 is 1.84 bits per heavy atom. The van der Waals surface area contributed by atoms with Gasteiger partial charge < -0.3 is 4.74 Å². The highest BCUT2D eigenvalue weighted by molar-refractivity contribution is 5.64. The van der Waals surface area contributed by atoms with E-state index in [1.165, 1.54) is 31.2 Å². The van der Waals surface area contributed by atoms with Crippen LogP contribution in [0, 0.1) is 47.9 Å². The zero-order valence-corrected chi connectivity index (χ0v) is 21.3. The first-order valence-corrected chi connectivity index (χ1v) is 13.2. The molecule has 2 atom stereocenters. The van der Waals surface area contributed by atoms with Crippen LogP contribution in [-0.4, -0.2) is 0 Å². The van der Waals surface area contributed by atoms with Gasteiger partial charge in [0.15, 0.2) is 0 Å². The van der Waals surface area contributed by atoms with E-state index in [0.29, 0.717) is 23.6 Å². The Labute approximate surface area is 218 Å². The van der Waals surface area contributed by atoms with Gasteiger partial charge in [0.2, 0.25) is 0 Å². The van der Waals surface area contributed by atoms with Crippen LogP contribution in [0.5, 0.6) is 5.75 Å². The van der Waals surface area contributed by atoms with Crippen molar-refractivity contribution in [2.45, 2.75) is 64.4 Å². The molecule has 202 valence electrons. The molecule has 0 amide bonds. The third kappa shape index (κ3) is 5.16. The van der Waals surface area contributed by atoms with Crippen molar-refractivity contribution in [1.29, 1.82) is 0 Å². The van der Waals surface area contributed by atoms with Crippen molar-refractivity contribution < 1.29 is 31.1 Å². The van der Waals surface area contributed by atoms with Crippen LogP contribution < -0.4 is 4.74 Å². The van der Waals surface area contributed by atoms with Gasteiger partial charge in [-0.3, -0.25) is 0 Å². The molecule has 0 aromatic heterocycles. The molecule has 0 radical (unpaired) electrons. The van der Waals surface area contributed by atoms with Crippen molar-refractivity contribution in [2.24, 2.45) is 17.8 Å². The lowest BCUT2D eigenvalue weighted by Gasteiger charge is -2.20. The molecule has 2 aliphatic rings. The molecule has 3 aromatic carbocycles. The molecule has 2 aliphatic carbocycles. The Balaban J connectivity index is 1.31. The molecular formula is C31H30F6O. The molecule has 0 aliphatic heterocycles. The van der Waals surface area contributed by atoms with E-state index < -0.39 is 40.7 Å². The summed E-state index contributed by atoms with van der Waals surface area (Å²) >= 11 is 0. The van der Waals surface area contributed by atoms with Crippen molar-refractivity contribution in [1.82, 2.24) is 0 Å². The zero-order chi connectivity index (χ0) is 27.2. The third-order valence-electron chi connectivity index (χ3n) is 8.36. The molecule has 38 heavy (non-hydrogen) atoms. The van der Waals surface area contributed by atoms with Crippen LogP contribution in [0.25, 0.3) is 11.1 Å². The summed E-state index contributed by atoms with van der Waals surface area (Å²) in [7, 11) is 0. The molecule has 2 unspecified atom stereocenters. The Kier molecular flexibility index (Phi) is 7.23. The van der Waals surface area contributed by atoms with Gasteiger partial charge in [0, 0.05) is 17.7 Å². The van der Waals surface area contributed by atoms with Crippen molar-refractivity contribution in [3.05, 3.63) is 88.5 Å². The van der Waals surface area contributed by atoms with Gasteiger partial charge in [0.1, 0.15) is 34.6 Å². The number of alkyl halides is 2. The Morgan fingerprint density at radius 1 is 0.763 bits per heavy atom. The fraction of sp³-hybridized carbons (Fsp3) is 0.419. The van der Waals surface area contributed by atoms with Gasteiger partial charge in [0.05, 0.1) is 0 Å². The summed E-state index contributed by atoms with van der Waals surface area (Å²) in [4.78, 5) is 0. The minimum Gasteiger partial charge on any atom is -0.429 e. The van der Waals surface area contributed by atoms with E-state index in [1.807, 2.05) is 12.1 Å². The van der Waals surface area contributed by atoms with Crippen LogP contribution in [-0.2, 0) is 6.11 Å². The number of fused-ring (bicyclic) bond motifs is 1. The Hall–Kier alpha value is -2.96. The Morgan fingerprint density at radius 2 is 1.32 bits per heavy atom. The largest absolute Gasteiger partial charge is 0.432 e. The van der Waals surface area contributed by atoms with Gasteiger partial charge in [-0.15, -0.1) is 0 Å². The van der Waals surface area contributed by atoms with Crippen LogP contribution in [0.15, 0.2) is 48.5 Å². The fourth-order valence-electron chi connectivity index (χ4n) is 6.50. The van der Waals surface area contributed by atoms with Crippen LogP contribution in [0.2, 0.25) is 0 Å². The molecule has 0 N–H and O–H groups in total. The topological polar surface area (TPSA) is 9.23 Å². The lowest BCUT2D eigenvalue weighted by Crippen LogP contribution is -2.25. The molecule has 1 nitrogen and oxygen atoms in total. The molecule has 5 rings (SSSR count). The maximum Gasteiger partial charge on any atom is 0.432 e. The molecule has 0 spiro atoms. The van der Waals surface area contributed by atoms with Crippen molar-refractivity contribution in [3.63, 3.8) is 0 Å². The average Bonchev–Trinajstić information content (AvgIpc) is 3.41. The summed E-state index contributed by atoms with van der Waals surface area (Å²) < 4.78 is 90.8. The maximum absolute atomic E-state index is 14.8. The van der Waals surface area contributed by atoms with E-state index in [-0.39, 0.29) is 11.1 Å². The first-order chi connectivity index (χ1) is 18.1. The van der Waals surface area contributed by atoms with E-state index in [9.17, 15) is 26.3 Å². The van der Waals surface area contributed by atoms with Gasteiger partial charge in [-0.25, -0.2) is 17.6 Å². The Bertz CT molecular complexity index is 1260. The molecule has 2 saturated carbocycles. The average molecular weight is 533 g/mol. The molecule has 2 fully saturated rings. The minimum atomic E-state index is -4.50. The predicted molar refractivity (Wildman–Crippen MR) is 134 cm³/mol. The number of hydrogen-bond donors (Lipinski definition) is 0. The predicted octanol–water partition coefficient (Wildman–Crippen LogP) is 9.67. The summed E-state index contributed by atoms with van der Waals surface area (Å²) in [5.74, 6) is -3.31. The summed E-state index contributed by atoms with van der Waals surface area (Å²) in [5, 5.41) is 0. The van der Waals surface area contributed by atoms with Gasteiger partial charge in [0.25, 0.3) is 0 Å². The van der Waals surface area contributed by atoms with E-state index >= 15 is 0 Å². The number of halogens is 6. The van der Waals surface area contributed by atoms with E-state index in [4.69, 9.17) is 0 Å². The summed E-state index contributed by atoms with van der Waals surface area (Å²) in [5.41, 5.74) is -0.233. The van der Waals surface area contributed by atoms with Crippen molar-refractivity contribution in [3.8, 4) is 16.9 Å². The molecule has 0 heterocycles. The highest BCUT2D eigenvalue weighted by atomic mass is 19.3. The smallest absolute Gasteiger partial charge is 0.429 e. The van der Waals surface area contributed by atoms with E-state index in [0.717, 1.165) is 49.7 Å². The fourth-order valence-corrected chi connectivity index (χ4v) is 6.50. The van der Waals surface area contributed by atoms with Gasteiger partial charge >= 0.3 is 6.11 Å². The first kappa shape index (κ1) is 26.6. The molecular weight excluding hydrogens is 502 g/mol. The van der Waals surface area contributed by atoms with Crippen LogP contribution in [0.4, 0.5) is 26.3 Å². The minimum absolute atomic E-state index is 0.101. The van der Waals surface area contributed by atoms with E-state index in [2.05, 4.69) is 11.7 Å². The lowest BCUT2D eigenvalue weighted by molar-refractivity contribution is -0.189. The second-order valence-corrected chi connectivity index (χ2v) is 10.9. The SMILES string of the molecule is CCCC1CC2CC(c3ccc(-c4cc(F)c(C(F)(F)Oc5cc(F)c(C)c(F)c5)c(F)c4)cc3)CC2C1. The molecule has 7 heteroatoms. The van der Waals surface area contributed by atoms with E-state index in [1.54, 1.807) is 12.1 Å². The molecule has 0 saturated heterocycles. The molecule has 0 bridgehead atoms. The number of ether oxygens (including phenoxy) is 1. The monoisotopic (exact) mass is 532 g/mol. The second kappa shape index (κ2) is 10.3. The van der Waals surface area contributed by atoms with Crippen LogP contribution in [0.3, 0.4) is 0 Å². The van der Waals surface area contributed by atoms with Crippen LogP contribution >= 0.6 is 0 Å². The highest BCUT2D eigenvalue weighted by Crippen LogP contribution is 2.53. The van der Waals surface area contributed by atoms with Crippen molar-refractivity contribution in [2.75, 3.05) is 0 Å². The first-order valence-electron chi connectivity index (χ1n) is 13.2. The maximum atomic E-state index is 14.8. The summed E-state index contributed by atoms with van der Waals surface area (Å²) in [6, 6.07) is 10.1. The van der Waals surface area contributed by atoms with Gasteiger partial charge in [-0.1, -0.05) is 44.0 Å². The van der Waals surface area contributed by atoms with Gasteiger partial charge in [-0.05, 0) is 85.1 Å². The highest BCUT2D eigenvalue weighted by Gasteiger charge is 2.42. The normalized spacial score (nSPS) is 23.1. The number of hydrogen-bond acceptors (Lipinski definition) is 1. The lowest BCUT2D eigenvalue weighted by atomic mass is 9.90. The summed E-state index contributed by atoms with van der Waals surface area (Å²) in [6.45, 7) is 3.36. The second-order valence-electron chi connectivity index (χ2n) is 10.9. The number of benzene rings is 3. The quantitative estimate of drug-likeness (QED) is 0.275. The van der Waals surface area contributed by atoms with Gasteiger partial charge in [-0.2, -0.15) is 8.78 Å². The third-order valence-corrected chi connectivity index (χ3v) is 8.36. The standard InChI is InChI=1S/C31H30F6O/c1-3-4-18-9-21-11-23(12-22(21)10-18)19-5-7-20(8-6-19)24-13-28(34)30(29(35)14-24)31(36,37)38-25-15-26(32)17(2)27(33)16-25/h5-8,13-16,18,21-23H,3-4,9-12H2,1-2H3. The zero-order valence-electron chi connectivity index (χ0n) is 21.3. The number of rotatable bonds is 7. The molecule has 3 aromatic rings.